The molecule has 0 aromatic carbocycles. The molecule has 0 unspecified atom stereocenters. The molecule has 18 heavy (non-hydrogen) atoms. The fraction of sp³-hybridized carbons (Fsp3) is 0.727. The van der Waals surface area contributed by atoms with Crippen molar-refractivity contribution in [3.63, 3.8) is 0 Å². The van der Waals surface area contributed by atoms with E-state index in [9.17, 15) is 14.4 Å². The van der Waals surface area contributed by atoms with Gasteiger partial charge in [-0.15, -0.1) is 11.8 Å². The van der Waals surface area contributed by atoms with Crippen LogP contribution in [0.4, 0.5) is 0 Å². The van der Waals surface area contributed by atoms with Gasteiger partial charge in [-0.3, -0.25) is 9.59 Å². The van der Waals surface area contributed by atoms with Gasteiger partial charge in [-0.05, 0) is 12.8 Å². The largest absolute Gasteiger partial charge is 0.480 e. The highest BCUT2D eigenvalue weighted by molar-refractivity contribution is 8.00. The Morgan fingerprint density at radius 3 is 2.44 bits per heavy atom. The molecular formula is C11H18N2O4S. The Bertz CT molecular complexity index is 329. The van der Waals surface area contributed by atoms with Gasteiger partial charge in [0.2, 0.25) is 11.8 Å². The van der Waals surface area contributed by atoms with Crippen molar-refractivity contribution in [1.29, 1.82) is 0 Å². The second-order valence-electron chi connectivity index (χ2n) is 4.19. The van der Waals surface area contributed by atoms with Gasteiger partial charge in [-0.25, -0.2) is 4.79 Å². The van der Waals surface area contributed by atoms with Crippen molar-refractivity contribution in [2.75, 3.05) is 24.6 Å². The Kier molecular flexibility index (Phi) is 5.97. The first kappa shape index (κ1) is 14.8. The average Bonchev–Trinajstić information content (AvgIpc) is 2.80. The summed E-state index contributed by atoms with van der Waals surface area (Å²) in [4.78, 5) is 35.1. The summed E-state index contributed by atoms with van der Waals surface area (Å²) < 4.78 is 0. The van der Waals surface area contributed by atoms with Gasteiger partial charge in [0.15, 0.2) is 0 Å². The fourth-order valence-electron chi connectivity index (χ4n) is 1.74. The summed E-state index contributed by atoms with van der Waals surface area (Å²) in [5.41, 5.74) is 0. The lowest BCUT2D eigenvalue weighted by molar-refractivity contribution is -0.140. The molecule has 0 spiro atoms. The number of carboxylic acid groups (broad SMARTS) is 1. The van der Waals surface area contributed by atoms with Gasteiger partial charge in [-0.1, -0.05) is 0 Å². The molecule has 1 rings (SSSR count). The maximum Gasteiger partial charge on any atom is 0.327 e. The number of nitrogens with one attached hydrogen (secondary N) is 1. The van der Waals surface area contributed by atoms with Gasteiger partial charge in [0.1, 0.15) is 6.04 Å². The maximum atomic E-state index is 11.7. The molecular weight excluding hydrogens is 256 g/mol. The van der Waals surface area contributed by atoms with Crippen molar-refractivity contribution in [2.24, 2.45) is 0 Å². The number of aliphatic carboxylic acids is 1. The second kappa shape index (κ2) is 7.25. The minimum Gasteiger partial charge on any atom is -0.480 e. The van der Waals surface area contributed by atoms with Crippen LogP contribution in [0.3, 0.4) is 0 Å². The van der Waals surface area contributed by atoms with Crippen LogP contribution >= 0.6 is 11.8 Å². The van der Waals surface area contributed by atoms with Crippen molar-refractivity contribution in [3.05, 3.63) is 0 Å². The predicted octanol–water partition coefficient (Wildman–Crippen LogP) is -0.0687. The zero-order chi connectivity index (χ0) is 13.5. The highest BCUT2D eigenvalue weighted by atomic mass is 32.2. The van der Waals surface area contributed by atoms with E-state index >= 15 is 0 Å². The van der Waals surface area contributed by atoms with Gasteiger partial charge in [-0.2, -0.15) is 0 Å². The van der Waals surface area contributed by atoms with E-state index in [1.807, 2.05) is 0 Å². The Balaban J connectivity index is 2.27. The first-order valence-corrected chi connectivity index (χ1v) is 7.01. The van der Waals surface area contributed by atoms with Gasteiger partial charge >= 0.3 is 5.97 Å². The summed E-state index contributed by atoms with van der Waals surface area (Å²) in [6, 6.07) is -0.932. The van der Waals surface area contributed by atoms with Crippen LogP contribution in [0.1, 0.15) is 19.8 Å². The summed E-state index contributed by atoms with van der Waals surface area (Å²) in [7, 11) is 0. The molecule has 0 aliphatic carbocycles. The second-order valence-corrected chi connectivity index (χ2v) is 5.22. The number of thioether (sulfide) groups is 1. The molecule has 102 valence electrons. The zero-order valence-electron chi connectivity index (χ0n) is 10.3. The monoisotopic (exact) mass is 274 g/mol. The minimum absolute atomic E-state index is 0.0458. The SMILES string of the molecule is CC(=O)N[C@@H](CSCC(=O)N1CCCC1)C(=O)O. The number of hydrogen-bond acceptors (Lipinski definition) is 4. The number of rotatable bonds is 6. The third kappa shape index (κ3) is 4.95. The molecule has 1 aliphatic rings. The third-order valence-corrected chi connectivity index (χ3v) is 3.66. The quantitative estimate of drug-likeness (QED) is 0.708. The van der Waals surface area contributed by atoms with Crippen molar-refractivity contribution in [1.82, 2.24) is 10.2 Å². The lowest BCUT2D eigenvalue weighted by atomic mass is 10.3. The summed E-state index contributed by atoms with van der Waals surface area (Å²) in [6.07, 6.45) is 2.08. The van der Waals surface area contributed by atoms with Crippen LogP contribution in [-0.4, -0.2) is 58.4 Å². The number of carbonyl (C=O) groups is 3. The van der Waals surface area contributed by atoms with E-state index < -0.39 is 12.0 Å². The van der Waals surface area contributed by atoms with Crippen LogP contribution in [0.15, 0.2) is 0 Å². The third-order valence-electron chi connectivity index (χ3n) is 2.64. The van der Waals surface area contributed by atoms with Crippen LogP contribution in [-0.2, 0) is 14.4 Å². The smallest absolute Gasteiger partial charge is 0.327 e. The Hall–Kier alpha value is -1.24. The highest BCUT2D eigenvalue weighted by Crippen LogP contribution is 2.11. The number of amides is 2. The molecule has 0 aromatic rings. The first-order chi connectivity index (χ1) is 8.50. The van der Waals surface area contributed by atoms with Crippen molar-refractivity contribution in [3.8, 4) is 0 Å². The highest BCUT2D eigenvalue weighted by Gasteiger charge is 2.21. The Labute approximate surface area is 110 Å². The molecule has 0 bridgehead atoms. The molecule has 1 aliphatic heterocycles. The van der Waals surface area contributed by atoms with E-state index in [2.05, 4.69) is 5.32 Å². The number of nitrogens with zero attached hydrogens (tertiary/aromatic N) is 1. The maximum absolute atomic E-state index is 11.7. The van der Waals surface area contributed by atoms with Crippen LogP contribution in [0.2, 0.25) is 0 Å². The van der Waals surface area contributed by atoms with Crippen LogP contribution in [0.25, 0.3) is 0 Å². The zero-order valence-corrected chi connectivity index (χ0v) is 11.2. The molecule has 1 heterocycles. The van der Waals surface area contributed by atoms with Crippen LogP contribution < -0.4 is 5.32 Å². The average molecular weight is 274 g/mol. The summed E-state index contributed by atoms with van der Waals surface area (Å²) >= 11 is 1.24. The molecule has 0 aromatic heterocycles. The lowest BCUT2D eigenvalue weighted by Gasteiger charge is -2.16. The van der Waals surface area contributed by atoms with E-state index in [0.717, 1.165) is 25.9 Å². The molecule has 7 heteroatoms. The normalized spacial score (nSPS) is 16.4. The molecule has 2 N–H and O–H groups in total. The number of hydrogen-bond donors (Lipinski definition) is 2. The molecule has 1 saturated heterocycles. The molecule has 2 amide bonds. The Morgan fingerprint density at radius 2 is 1.94 bits per heavy atom. The molecule has 1 atom stereocenters. The van der Waals surface area contributed by atoms with Crippen molar-refractivity contribution >= 4 is 29.5 Å². The summed E-state index contributed by atoms with van der Waals surface area (Å²) in [6.45, 7) is 2.87. The van der Waals surface area contributed by atoms with Gasteiger partial charge < -0.3 is 15.3 Å². The summed E-state index contributed by atoms with van der Waals surface area (Å²) in [5, 5.41) is 11.2. The van der Waals surface area contributed by atoms with E-state index in [-0.39, 0.29) is 23.3 Å². The molecule has 0 radical (unpaired) electrons. The fourth-order valence-corrected chi connectivity index (χ4v) is 2.68. The van der Waals surface area contributed by atoms with Gasteiger partial charge in [0.05, 0.1) is 5.75 Å². The van der Waals surface area contributed by atoms with E-state index in [1.165, 1.54) is 18.7 Å². The molecule has 0 saturated carbocycles. The molecule has 6 nitrogen and oxygen atoms in total. The van der Waals surface area contributed by atoms with E-state index in [0.29, 0.717) is 0 Å². The first-order valence-electron chi connectivity index (χ1n) is 5.86. The predicted molar refractivity (Wildman–Crippen MR) is 68.4 cm³/mol. The number of carbonyl (C=O) groups excluding carboxylic acids is 2. The lowest BCUT2D eigenvalue weighted by Crippen LogP contribution is -2.41. The summed E-state index contributed by atoms with van der Waals surface area (Å²) in [5.74, 6) is -0.942. The standard InChI is InChI=1S/C11H18N2O4S/c1-8(14)12-9(11(16)17)6-18-7-10(15)13-4-2-3-5-13/h9H,2-7H2,1H3,(H,12,14)(H,16,17)/t9-/m0/s1. The molecule has 1 fully saturated rings. The van der Waals surface area contributed by atoms with E-state index in [4.69, 9.17) is 5.11 Å². The van der Waals surface area contributed by atoms with Gasteiger partial charge in [0, 0.05) is 25.8 Å². The van der Waals surface area contributed by atoms with Crippen molar-refractivity contribution < 1.29 is 19.5 Å². The van der Waals surface area contributed by atoms with Crippen molar-refractivity contribution in [2.45, 2.75) is 25.8 Å². The van der Waals surface area contributed by atoms with Crippen LogP contribution in [0.5, 0.6) is 0 Å². The minimum atomic E-state index is -1.08. The number of carboxylic acids is 1. The van der Waals surface area contributed by atoms with Crippen LogP contribution in [0, 0.1) is 0 Å². The topological polar surface area (TPSA) is 86.7 Å². The number of likely N-dealkylation sites (tertiary alicyclic amines) is 1. The van der Waals surface area contributed by atoms with E-state index in [1.54, 1.807) is 4.90 Å². The Morgan fingerprint density at radius 1 is 1.33 bits per heavy atom. The van der Waals surface area contributed by atoms with Gasteiger partial charge in [0.25, 0.3) is 0 Å².